The Hall–Kier alpha value is -2.74. The van der Waals surface area contributed by atoms with Crippen molar-refractivity contribution in [3.63, 3.8) is 0 Å². The van der Waals surface area contributed by atoms with Crippen LogP contribution in [0, 0.1) is 0 Å². The summed E-state index contributed by atoms with van der Waals surface area (Å²) in [4.78, 5) is 12.2. The summed E-state index contributed by atoms with van der Waals surface area (Å²) >= 11 is 0. The maximum absolute atomic E-state index is 12.0. The molecule has 0 saturated heterocycles. The summed E-state index contributed by atoms with van der Waals surface area (Å²) in [7, 11) is -1.67. The van der Waals surface area contributed by atoms with E-state index in [1.807, 2.05) is 19.1 Å². The second-order valence-electron chi connectivity index (χ2n) is 5.96. The summed E-state index contributed by atoms with van der Waals surface area (Å²) in [6.45, 7) is 2.44. The van der Waals surface area contributed by atoms with E-state index in [1.54, 1.807) is 31.4 Å². The average Bonchev–Trinajstić information content (AvgIpc) is 2.65. The van der Waals surface area contributed by atoms with E-state index in [-0.39, 0.29) is 17.0 Å². The lowest BCUT2D eigenvalue weighted by Gasteiger charge is -2.16. The maximum atomic E-state index is 12.0. The zero-order chi connectivity index (χ0) is 19.9. The third kappa shape index (κ3) is 6.18. The number of urea groups is 1. The van der Waals surface area contributed by atoms with Crippen LogP contribution in [0.25, 0.3) is 0 Å². The minimum Gasteiger partial charge on any atom is -0.493 e. The molecule has 2 aromatic rings. The number of amides is 2. The van der Waals surface area contributed by atoms with Crippen molar-refractivity contribution < 1.29 is 22.7 Å². The van der Waals surface area contributed by atoms with Gasteiger partial charge in [0, 0.05) is 6.26 Å². The molecule has 0 spiro atoms. The summed E-state index contributed by atoms with van der Waals surface area (Å²) in [5.41, 5.74) is 0.808. The standard InChI is InChI=1S/C19H24N2O5S/c1-14(15-8-10-16(11-9-15)27(3,23)24)21-19(22)20-12-13-26-18-7-5-4-6-17(18)25-2/h4-11,14H,12-13H2,1-3H3,(H2,20,21,22). The first-order valence-corrected chi connectivity index (χ1v) is 10.3. The van der Waals surface area contributed by atoms with E-state index < -0.39 is 9.84 Å². The molecule has 2 rings (SSSR count). The van der Waals surface area contributed by atoms with E-state index in [0.29, 0.717) is 24.7 Å². The molecular weight excluding hydrogens is 368 g/mol. The molecule has 0 bridgehead atoms. The Morgan fingerprint density at radius 2 is 1.70 bits per heavy atom. The average molecular weight is 392 g/mol. The molecule has 27 heavy (non-hydrogen) atoms. The minimum atomic E-state index is -3.23. The van der Waals surface area contributed by atoms with E-state index in [1.165, 1.54) is 12.1 Å². The van der Waals surface area contributed by atoms with Crippen molar-refractivity contribution in [1.82, 2.24) is 10.6 Å². The van der Waals surface area contributed by atoms with Gasteiger partial charge in [0.15, 0.2) is 21.3 Å². The third-order valence-electron chi connectivity index (χ3n) is 3.87. The number of hydrogen-bond acceptors (Lipinski definition) is 5. The maximum Gasteiger partial charge on any atom is 0.315 e. The lowest BCUT2D eigenvalue weighted by atomic mass is 10.1. The number of para-hydroxylation sites is 2. The van der Waals surface area contributed by atoms with Crippen LogP contribution in [-0.4, -0.2) is 41.0 Å². The van der Waals surface area contributed by atoms with Gasteiger partial charge in [-0.2, -0.15) is 0 Å². The molecule has 0 radical (unpaired) electrons. The van der Waals surface area contributed by atoms with Crippen LogP contribution in [-0.2, 0) is 9.84 Å². The fourth-order valence-corrected chi connectivity index (χ4v) is 3.03. The van der Waals surface area contributed by atoms with Crippen molar-refractivity contribution in [1.29, 1.82) is 0 Å². The van der Waals surface area contributed by atoms with Crippen LogP contribution < -0.4 is 20.1 Å². The van der Waals surface area contributed by atoms with Crippen molar-refractivity contribution in [2.24, 2.45) is 0 Å². The number of nitrogens with one attached hydrogen (secondary N) is 2. The summed E-state index contributed by atoms with van der Waals surface area (Å²) in [6.07, 6.45) is 1.16. The van der Waals surface area contributed by atoms with Gasteiger partial charge in [0.1, 0.15) is 6.61 Å². The Bertz CT molecular complexity index is 866. The van der Waals surface area contributed by atoms with Crippen LogP contribution in [0.4, 0.5) is 4.79 Å². The van der Waals surface area contributed by atoms with Gasteiger partial charge in [-0.05, 0) is 36.8 Å². The number of hydrogen-bond donors (Lipinski definition) is 2. The second kappa shape index (κ2) is 9.27. The number of carbonyl (C=O) groups excluding carboxylic acids is 1. The van der Waals surface area contributed by atoms with Crippen LogP contribution in [0.1, 0.15) is 18.5 Å². The first kappa shape index (κ1) is 20.6. The van der Waals surface area contributed by atoms with E-state index in [4.69, 9.17) is 9.47 Å². The summed E-state index contributed by atoms with van der Waals surface area (Å²) in [5.74, 6) is 1.25. The van der Waals surface area contributed by atoms with Crippen molar-refractivity contribution in [2.45, 2.75) is 17.9 Å². The highest BCUT2D eigenvalue weighted by atomic mass is 32.2. The molecule has 0 heterocycles. The zero-order valence-electron chi connectivity index (χ0n) is 15.6. The SMILES string of the molecule is COc1ccccc1OCCNC(=O)NC(C)c1ccc(S(C)(=O)=O)cc1. The molecule has 0 fully saturated rings. The zero-order valence-corrected chi connectivity index (χ0v) is 16.4. The second-order valence-corrected chi connectivity index (χ2v) is 7.98. The first-order chi connectivity index (χ1) is 12.8. The third-order valence-corrected chi connectivity index (χ3v) is 5.00. The minimum absolute atomic E-state index is 0.247. The number of rotatable bonds is 8. The molecule has 1 unspecified atom stereocenters. The molecule has 2 aromatic carbocycles. The molecule has 0 aliphatic heterocycles. The Balaban J connectivity index is 1.78. The molecule has 0 saturated carbocycles. The molecule has 146 valence electrons. The normalized spacial score (nSPS) is 12.1. The van der Waals surface area contributed by atoms with Crippen molar-refractivity contribution in [2.75, 3.05) is 26.5 Å². The van der Waals surface area contributed by atoms with E-state index in [2.05, 4.69) is 10.6 Å². The van der Waals surface area contributed by atoms with Crippen LogP contribution in [0.3, 0.4) is 0 Å². The van der Waals surface area contributed by atoms with Crippen molar-refractivity contribution >= 4 is 15.9 Å². The van der Waals surface area contributed by atoms with E-state index >= 15 is 0 Å². The summed E-state index contributed by atoms with van der Waals surface area (Å²) in [6, 6.07) is 13.1. The van der Waals surface area contributed by atoms with Gasteiger partial charge in [0.2, 0.25) is 0 Å². The molecular formula is C19H24N2O5S. The number of benzene rings is 2. The molecule has 8 heteroatoms. The molecule has 0 aliphatic rings. The van der Waals surface area contributed by atoms with Gasteiger partial charge in [-0.1, -0.05) is 24.3 Å². The monoisotopic (exact) mass is 392 g/mol. The van der Waals surface area contributed by atoms with Gasteiger partial charge >= 0.3 is 6.03 Å². The lowest BCUT2D eigenvalue weighted by Crippen LogP contribution is -2.39. The fourth-order valence-electron chi connectivity index (χ4n) is 2.40. The van der Waals surface area contributed by atoms with Gasteiger partial charge < -0.3 is 20.1 Å². The first-order valence-electron chi connectivity index (χ1n) is 8.41. The number of carbonyl (C=O) groups is 1. The summed E-state index contributed by atoms with van der Waals surface area (Å²) < 4.78 is 33.7. The molecule has 1 atom stereocenters. The quantitative estimate of drug-likeness (QED) is 0.674. The predicted molar refractivity (Wildman–Crippen MR) is 103 cm³/mol. The molecule has 0 aliphatic carbocycles. The van der Waals surface area contributed by atoms with Crippen LogP contribution in [0.5, 0.6) is 11.5 Å². The number of methoxy groups -OCH3 is 1. The smallest absolute Gasteiger partial charge is 0.315 e. The van der Waals surface area contributed by atoms with Crippen LogP contribution in [0.15, 0.2) is 53.4 Å². The molecule has 2 amide bonds. The topological polar surface area (TPSA) is 93.7 Å². The highest BCUT2D eigenvalue weighted by Crippen LogP contribution is 2.25. The Labute approximate surface area is 159 Å². The fraction of sp³-hybridized carbons (Fsp3) is 0.316. The highest BCUT2D eigenvalue weighted by Gasteiger charge is 2.11. The van der Waals surface area contributed by atoms with Gasteiger partial charge in [0.05, 0.1) is 24.6 Å². The van der Waals surface area contributed by atoms with Gasteiger partial charge in [-0.25, -0.2) is 13.2 Å². The van der Waals surface area contributed by atoms with Gasteiger partial charge in [-0.15, -0.1) is 0 Å². The number of sulfone groups is 1. The van der Waals surface area contributed by atoms with Gasteiger partial charge in [0.25, 0.3) is 0 Å². The Morgan fingerprint density at radius 3 is 2.30 bits per heavy atom. The van der Waals surface area contributed by atoms with Gasteiger partial charge in [-0.3, -0.25) is 0 Å². The molecule has 0 aromatic heterocycles. The Kier molecular flexibility index (Phi) is 7.06. The molecule has 7 nitrogen and oxygen atoms in total. The van der Waals surface area contributed by atoms with Crippen LogP contribution in [0.2, 0.25) is 0 Å². The summed E-state index contributed by atoms with van der Waals surface area (Å²) in [5, 5.41) is 5.51. The van der Waals surface area contributed by atoms with Crippen molar-refractivity contribution in [3.05, 3.63) is 54.1 Å². The largest absolute Gasteiger partial charge is 0.493 e. The predicted octanol–water partition coefficient (Wildman–Crippen LogP) is 2.54. The lowest BCUT2D eigenvalue weighted by molar-refractivity contribution is 0.233. The highest BCUT2D eigenvalue weighted by molar-refractivity contribution is 7.90. The Morgan fingerprint density at radius 1 is 1.07 bits per heavy atom. The molecule has 2 N–H and O–H groups in total. The van der Waals surface area contributed by atoms with Crippen LogP contribution >= 0.6 is 0 Å². The van der Waals surface area contributed by atoms with Crippen molar-refractivity contribution in [3.8, 4) is 11.5 Å². The van der Waals surface area contributed by atoms with E-state index in [0.717, 1.165) is 11.8 Å². The van der Waals surface area contributed by atoms with E-state index in [9.17, 15) is 13.2 Å². The number of ether oxygens (including phenoxy) is 2.